The molecule has 7 rings (SSSR count). The second-order valence-corrected chi connectivity index (χ2v) is 12.9. The molecule has 3 heterocycles. The Labute approximate surface area is 285 Å². The minimum atomic E-state index is 0. The molecule has 0 aliphatic rings. The number of aromatic nitrogens is 4. The van der Waals surface area contributed by atoms with E-state index in [4.69, 9.17) is 14.8 Å². The molecular formula is C40H36N4OPt. The minimum Gasteiger partial charge on any atom is -0.509 e. The first-order chi connectivity index (χ1) is 21.6. The molecule has 0 bridgehead atoms. The SMILES string of the molecule is Cc1cc(C)c(C)c(-c2cnn(-c3[c-]c(Oc4[c-]c5c(cc4)c4ccccc4n5-c4cc(C(C)(C)C)ccn4)ccc3)c2)c1C.[Pt+2]. The second kappa shape index (κ2) is 12.0. The summed E-state index contributed by atoms with van der Waals surface area (Å²) >= 11 is 0. The van der Waals surface area contributed by atoms with E-state index in [1.54, 1.807) is 0 Å². The summed E-state index contributed by atoms with van der Waals surface area (Å²) in [7, 11) is 0. The van der Waals surface area contributed by atoms with Gasteiger partial charge >= 0.3 is 21.1 Å². The quantitative estimate of drug-likeness (QED) is 0.163. The van der Waals surface area contributed by atoms with Crippen LogP contribution in [0.5, 0.6) is 11.5 Å². The number of fused-ring (bicyclic) bond motifs is 3. The molecule has 0 spiro atoms. The van der Waals surface area contributed by atoms with Crippen molar-refractivity contribution in [3.05, 3.63) is 131 Å². The van der Waals surface area contributed by atoms with Gasteiger partial charge in [-0.05, 0) is 95.8 Å². The van der Waals surface area contributed by atoms with Gasteiger partial charge in [-0.2, -0.15) is 17.2 Å². The average Bonchev–Trinajstić information content (AvgIpc) is 3.63. The molecule has 4 aromatic carbocycles. The van der Waals surface area contributed by atoms with E-state index in [-0.39, 0.29) is 26.5 Å². The standard InChI is InChI=1S/C40H36N4O.Pt/c1-25-19-26(2)28(4)39(27(25)3)29-23-42-43(24-29)31-11-10-12-32(21-31)45-33-15-16-35-34-13-8-9-14-36(34)44(37(35)22-33)38-20-30(17-18-41-38)40(5,6)7;/h8-20,23-24H,1-7H3;/q-2;+2. The Balaban J connectivity index is 0.00000372. The van der Waals surface area contributed by atoms with E-state index in [0.717, 1.165) is 38.9 Å². The van der Waals surface area contributed by atoms with Crippen LogP contribution < -0.4 is 4.74 Å². The van der Waals surface area contributed by atoms with Crippen molar-refractivity contribution >= 4 is 21.8 Å². The average molecular weight is 784 g/mol. The monoisotopic (exact) mass is 783 g/mol. The Hall–Kier alpha value is -4.47. The van der Waals surface area contributed by atoms with E-state index in [9.17, 15) is 0 Å². The van der Waals surface area contributed by atoms with Crippen molar-refractivity contribution in [3.8, 4) is 34.1 Å². The van der Waals surface area contributed by atoms with Gasteiger partial charge in [0, 0.05) is 35.0 Å². The Morgan fingerprint density at radius 3 is 2.26 bits per heavy atom. The predicted molar refractivity (Wildman–Crippen MR) is 183 cm³/mol. The summed E-state index contributed by atoms with van der Waals surface area (Å²) in [5, 5.41) is 6.94. The fraction of sp³-hybridized carbons (Fsp3) is 0.200. The molecule has 6 heteroatoms. The Bertz CT molecular complexity index is 2210. The third-order valence-corrected chi connectivity index (χ3v) is 8.85. The zero-order chi connectivity index (χ0) is 31.5. The molecule has 46 heavy (non-hydrogen) atoms. The van der Waals surface area contributed by atoms with Crippen LogP contribution >= 0.6 is 0 Å². The van der Waals surface area contributed by atoms with Crippen molar-refractivity contribution in [1.29, 1.82) is 0 Å². The fourth-order valence-electron chi connectivity index (χ4n) is 6.16. The predicted octanol–water partition coefficient (Wildman–Crippen LogP) is 9.95. The summed E-state index contributed by atoms with van der Waals surface area (Å²) < 4.78 is 10.4. The molecule has 0 fully saturated rings. The van der Waals surface area contributed by atoms with Crippen molar-refractivity contribution in [2.45, 2.75) is 53.9 Å². The molecule has 0 aliphatic heterocycles. The maximum Gasteiger partial charge on any atom is 2.00 e. The van der Waals surface area contributed by atoms with Gasteiger partial charge < -0.3 is 9.30 Å². The van der Waals surface area contributed by atoms with Crippen molar-refractivity contribution in [2.75, 3.05) is 0 Å². The first-order valence-electron chi connectivity index (χ1n) is 15.3. The number of ether oxygens (including phenoxy) is 1. The maximum atomic E-state index is 6.39. The molecule has 0 N–H and O–H groups in total. The molecule has 0 atom stereocenters. The van der Waals surface area contributed by atoms with Crippen molar-refractivity contribution in [1.82, 2.24) is 19.3 Å². The zero-order valence-electron chi connectivity index (χ0n) is 27.2. The van der Waals surface area contributed by atoms with Crippen LogP contribution in [0.15, 0.2) is 91.4 Å². The molecule has 0 aliphatic carbocycles. The van der Waals surface area contributed by atoms with Gasteiger partial charge in [0.25, 0.3) is 0 Å². The van der Waals surface area contributed by atoms with E-state index in [1.165, 1.54) is 33.4 Å². The largest absolute Gasteiger partial charge is 2.00 e. The number of aryl methyl sites for hydroxylation is 2. The first kappa shape index (κ1) is 31.5. The number of pyridine rings is 1. The van der Waals surface area contributed by atoms with Crippen LogP contribution in [0.1, 0.15) is 48.6 Å². The zero-order valence-corrected chi connectivity index (χ0v) is 29.4. The van der Waals surface area contributed by atoms with E-state index in [2.05, 4.69) is 120 Å². The summed E-state index contributed by atoms with van der Waals surface area (Å²) in [6.45, 7) is 15.3. The van der Waals surface area contributed by atoms with E-state index in [1.807, 2.05) is 41.3 Å². The number of benzene rings is 4. The topological polar surface area (TPSA) is 44.9 Å². The van der Waals surface area contributed by atoms with Gasteiger partial charge in [-0.1, -0.05) is 50.6 Å². The maximum absolute atomic E-state index is 6.39. The van der Waals surface area contributed by atoms with E-state index in [0.29, 0.717) is 11.5 Å². The number of hydrogen-bond acceptors (Lipinski definition) is 3. The van der Waals surface area contributed by atoms with Gasteiger partial charge in [-0.3, -0.25) is 4.68 Å². The van der Waals surface area contributed by atoms with Crippen molar-refractivity contribution in [2.24, 2.45) is 0 Å². The van der Waals surface area contributed by atoms with Crippen LogP contribution in [-0.4, -0.2) is 19.3 Å². The molecule has 0 radical (unpaired) electrons. The number of rotatable bonds is 5. The summed E-state index contributed by atoms with van der Waals surface area (Å²) in [6.07, 6.45) is 5.89. The van der Waals surface area contributed by atoms with Crippen LogP contribution in [0.25, 0.3) is 44.4 Å². The molecule has 0 saturated carbocycles. The molecule has 0 saturated heterocycles. The summed E-state index contributed by atoms with van der Waals surface area (Å²) in [6, 6.07) is 31.8. The Kier molecular flexibility index (Phi) is 8.25. The molecule has 5 nitrogen and oxygen atoms in total. The smallest absolute Gasteiger partial charge is 0.509 e. The third-order valence-electron chi connectivity index (χ3n) is 8.85. The third kappa shape index (κ3) is 5.58. The minimum absolute atomic E-state index is 0. The molecule has 0 unspecified atom stereocenters. The summed E-state index contributed by atoms with van der Waals surface area (Å²) in [5.41, 5.74) is 11.5. The van der Waals surface area contributed by atoms with Crippen LogP contribution in [-0.2, 0) is 26.5 Å². The van der Waals surface area contributed by atoms with Crippen LogP contribution in [0, 0.1) is 39.8 Å². The van der Waals surface area contributed by atoms with Gasteiger partial charge in [-0.25, -0.2) is 4.98 Å². The van der Waals surface area contributed by atoms with Crippen LogP contribution in [0.4, 0.5) is 0 Å². The van der Waals surface area contributed by atoms with Crippen LogP contribution in [0.2, 0.25) is 0 Å². The van der Waals surface area contributed by atoms with Gasteiger partial charge in [0.05, 0.1) is 6.20 Å². The molecule has 3 aromatic heterocycles. The van der Waals surface area contributed by atoms with Gasteiger partial charge in [-0.15, -0.1) is 35.7 Å². The summed E-state index contributed by atoms with van der Waals surface area (Å²) in [4.78, 5) is 4.78. The normalized spacial score (nSPS) is 11.6. The Morgan fingerprint density at radius 2 is 1.50 bits per heavy atom. The molecular weight excluding hydrogens is 748 g/mol. The molecule has 232 valence electrons. The number of nitrogens with zero attached hydrogens (tertiary/aromatic N) is 4. The van der Waals surface area contributed by atoms with Gasteiger partial charge in [0.2, 0.25) is 0 Å². The number of para-hydroxylation sites is 1. The molecule has 7 aromatic rings. The fourth-order valence-corrected chi connectivity index (χ4v) is 6.16. The van der Waals surface area contributed by atoms with Crippen molar-refractivity contribution in [3.63, 3.8) is 0 Å². The Morgan fingerprint density at radius 1 is 0.761 bits per heavy atom. The number of hydrogen-bond donors (Lipinski definition) is 0. The van der Waals surface area contributed by atoms with Gasteiger partial charge in [0.1, 0.15) is 5.82 Å². The van der Waals surface area contributed by atoms with Crippen LogP contribution in [0.3, 0.4) is 0 Å². The van der Waals surface area contributed by atoms with E-state index < -0.39 is 0 Å². The molecule has 0 amide bonds. The summed E-state index contributed by atoms with van der Waals surface area (Å²) in [5.74, 6) is 2.06. The van der Waals surface area contributed by atoms with Crippen molar-refractivity contribution < 1.29 is 25.8 Å². The second-order valence-electron chi connectivity index (χ2n) is 12.9. The first-order valence-corrected chi connectivity index (χ1v) is 15.3. The van der Waals surface area contributed by atoms with E-state index >= 15 is 0 Å². The van der Waals surface area contributed by atoms with Gasteiger partial charge in [0.15, 0.2) is 0 Å².